The zero-order chi connectivity index (χ0) is 36.9. The molecule has 0 unspecified atom stereocenters. The second-order valence-electron chi connectivity index (χ2n) is 13.7. The van der Waals surface area contributed by atoms with Gasteiger partial charge in [0, 0.05) is 55.6 Å². The summed E-state index contributed by atoms with van der Waals surface area (Å²) in [5.41, 5.74) is 5.36. The van der Waals surface area contributed by atoms with Crippen molar-refractivity contribution in [2.24, 2.45) is 7.05 Å². The predicted molar refractivity (Wildman–Crippen MR) is 204 cm³/mol. The van der Waals surface area contributed by atoms with Gasteiger partial charge in [-0.3, -0.25) is 4.57 Å². The molecule has 4 aromatic carbocycles. The maximum Gasteiger partial charge on any atom is 2.00 e. The van der Waals surface area contributed by atoms with Crippen molar-refractivity contribution in [1.82, 2.24) is 34.9 Å². The topological polar surface area (TPSA) is 143 Å². The van der Waals surface area contributed by atoms with E-state index >= 15 is 0 Å². The second-order valence-corrected chi connectivity index (χ2v) is 14.9. The van der Waals surface area contributed by atoms with Crippen molar-refractivity contribution in [3.63, 3.8) is 0 Å². The Bertz CT molecular complexity index is 2940. The van der Waals surface area contributed by atoms with Gasteiger partial charge < -0.3 is 39.7 Å². The van der Waals surface area contributed by atoms with Gasteiger partial charge in [-0.25, -0.2) is 9.78 Å². The molecule has 0 amide bonds. The van der Waals surface area contributed by atoms with Crippen LogP contribution in [0.4, 0.5) is 0 Å². The minimum atomic E-state index is -1.22. The third-order valence-corrected chi connectivity index (χ3v) is 10.6. The quantitative estimate of drug-likeness (QED) is 0.105. The van der Waals surface area contributed by atoms with Crippen LogP contribution in [0.25, 0.3) is 89.7 Å². The van der Waals surface area contributed by atoms with Crippen molar-refractivity contribution < 1.29 is 38.7 Å². The largest absolute Gasteiger partial charge is 2.00 e. The zero-order valence-electron chi connectivity index (χ0n) is 29.2. The number of halogens is 3. The molecule has 15 heteroatoms. The van der Waals surface area contributed by atoms with E-state index < -0.39 is 12.6 Å². The van der Waals surface area contributed by atoms with Crippen LogP contribution in [0.1, 0.15) is 26.3 Å². The van der Waals surface area contributed by atoms with E-state index in [4.69, 9.17) is 74.4 Å². The van der Waals surface area contributed by atoms with Crippen LogP contribution in [0.3, 0.4) is 0 Å². The van der Waals surface area contributed by atoms with Crippen LogP contribution in [0, 0.1) is 0 Å². The fourth-order valence-corrected chi connectivity index (χ4v) is 7.63. The first-order valence-electron chi connectivity index (χ1n) is 16.5. The Kier molecular flexibility index (Phi) is 8.73. The van der Waals surface area contributed by atoms with Crippen LogP contribution < -0.4 is 19.3 Å². The van der Waals surface area contributed by atoms with E-state index in [2.05, 4.69) is 32.9 Å². The average molecular weight is 826 g/mol. The predicted octanol–water partition coefficient (Wildman–Crippen LogP) is 8.28. The first-order valence-corrected chi connectivity index (χ1v) is 17.6. The third kappa shape index (κ3) is 5.62. The number of carboxylic acids is 1. The molecule has 262 valence electrons. The van der Waals surface area contributed by atoms with Gasteiger partial charge in [0.15, 0.2) is 12.4 Å². The number of rotatable bonds is 3. The van der Waals surface area contributed by atoms with Crippen LogP contribution in [-0.4, -0.2) is 42.6 Å². The van der Waals surface area contributed by atoms with Crippen molar-refractivity contribution >= 4 is 84.9 Å². The minimum absolute atomic E-state index is 0. The average Bonchev–Trinajstić information content (AvgIpc) is 3.84. The molecular formula is C39H26Cl3N8O3Zn+. The number of ether oxygens (including phenoxy) is 1. The van der Waals surface area contributed by atoms with Gasteiger partial charge in [0.1, 0.15) is 16.7 Å². The number of aromatic nitrogens is 8. The van der Waals surface area contributed by atoms with Crippen LogP contribution in [0.2, 0.25) is 15.1 Å². The summed E-state index contributed by atoms with van der Waals surface area (Å²) in [5, 5.41) is 11.5. The number of hydrogen-bond acceptors (Lipinski definition) is 7. The van der Waals surface area contributed by atoms with Gasteiger partial charge in [-0.1, -0.05) is 116 Å². The van der Waals surface area contributed by atoms with Gasteiger partial charge in [-0.05, 0) is 27.8 Å². The van der Waals surface area contributed by atoms with Crippen LogP contribution in [0.15, 0.2) is 66.7 Å². The maximum atomic E-state index is 11.5. The number of fused-ring (bicyclic) bond motifs is 20. The van der Waals surface area contributed by atoms with E-state index in [1.165, 1.54) is 0 Å². The smallest absolute Gasteiger partial charge is 0.479 e. The standard InChI is InChI=1S/C39H27Cl3N8O3.Zn/c1-39(2,3)17-13-14-20-23(15-17)34-45-33(20)44-31-18-9-5-6-10-19(18)32(43-31)46-35-25-26(28(41)30(29(42)27(25)40)53-16-24(51)52)36(47-35)49-38-22-12-8-7-11-21(22)37(48-34)50(38)4;/h5-15H,16H2,1-4H3,(H2,43,44,45,46,47,48,49,51,52);/q;+2/p-1. The Morgan fingerprint density at radius 1 is 0.704 bits per heavy atom. The van der Waals surface area contributed by atoms with Crippen LogP contribution in [-0.2, 0) is 36.7 Å². The molecule has 7 aromatic rings. The fourth-order valence-electron chi connectivity index (χ4n) is 6.75. The van der Waals surface area contributed by atoms with Gasteiger partial charge in [-0.15, -0.1) is 0 Å². The van der Waals surface area contributed by atoms with Gasteiger partial charge >= 0.3 is 25.4 Å². The Morgan fingerprint density at radius 3 is 1.83 bits per heavy atom. The molecule has 9 rings (SSSR count). The molecule has 5 heterocycles. The number of aliphatic carboxylic acids is 1. The molecule has 1 N–H and O–H groups in total. The number of carbonyl (C=O) groups is 1. The third-order valence-electron chi connectivity index (χ3n) is 9.37. The molecule has 0 saturated heterocycles. The van der Waals surface area contributed by atoms with Crippen molar-refractivity contribution in [2.75, 3.05) is 6.61 Å². The first kappa shape index (κ1) is 36.0. The summed E-state index contributed by atoms with van der Waals surface area (Å²) in [7, 11) is 1.86. The molecule has 0 fully saturated rings. The van der Waals surface area contributed by atoms with Crippen molar-refractivity contribution in [2.45, 2.75) is 26.2 Å². The number of benzene rings is 4. The summed E-state index contributed by atoms with van der Waals surface area (Å²) in [6.07, 6.45) is 0. The van der Waals surface area contributed by atoms with E-state index in [0.717, 1.165) is 33.0 Å². The molecule has 2 aliphatic rings. The van der Waals surface area contributed by atoms with Gasteiger partial charge in [0.2, 0.25) is 0 Å². The zero-order valence-corrected chi connectivity index (χ0v) is 34.5. The van der Waals surface area contributed by atoms with Crippen LogP contribution >= 0.6 is 34.8 Å². The first-order chi connectivity index (χ1) is 25.4. The summed E-state index contributed by atoms with van der Waals surface area (Å²) in [6.45, 7) is 5.79. The van der Waals surface area contributed by atoms with Crippen molar-refractivity contribution in [3.05, 3.63) is 87.4 Å². The monoisotopic (exact) mass is 823 g/mol. The van der Waals surface area contributed by atoms with Gasteiger partial charge in [0.05, 0.1) is 28.7 Å². The van der Waals surface area contributed by atoms with Crippen molar-refractivity contribution in [1.29, 1.82) is 0 Å². The summed E-state index contributed by atoms with van der Waals surface area (Å²) in [5.74, 6) is 0.534. The summed E-state index contributed by atoms with van der Waals surface area (Å²) < 4.78 is 7.41. The molecule has 2 aliphatic heterocycles. The Hall–Kier alpha value is -5.00. The molecule has 8 bridgehead atoms. The number of hydrogen-bond donors (Lipinski definition) is 1. The van der Waals surface area contributed by atoms with Gasteiger partial charge in [0.25, 0.3) is 0 Å². The number of nitrogens with zero attached hydrogens (tertiary/aromatic N) is 8. The molecular weight excluding hydrogens is 800 g/mol. The SMILES string of the molecule is C[n+]1c2nc3[n-]c(nc4nc(nc5[n-]c(nc1-c1ccccc1-2)c1c(Cl)c(OCC(=O)O)c(Cl)c(Cl)c51)-c1ccccc1-4)c1ccc(C(C)(C)C)cc31.[Zn+2]. The maximum absolute atomic E-state index is 11.5. The van der Waals surface area contributed by atoms with E-state index in [0.29, 0.717) is 45.5 Å². The summed E-state index contributed by atoms with van der Waals surface area (Å²) in [6, 6.07) is 21.6. The molecule has 0 saturated carbocycles. The van der Waals surface area contributed by atoms with Gasteiger partial charge in [-0.2, -0.15) is 0 Å². The van der Waals surface area contributed by atoms with E-state index in [9.17, 15) is 9.90 Å². The van der Waals surface area contributed by atoms with E-state index in [-0.39, 0.29) is 62.4 Å². The van der Waals surface area contributed by atoms with Crippen molar-refractivity contribution in [3.8, 4) is 51.3 Å². The van der Waals surface area contributed by atoms with E-state index in [1.807, 2.05) is 66.2 Å². The fraction of sp³-hybridized carbons (Fsp3) is 0.154. The minimum Gasteiger partial charge on any atom is -0.479 e. The summed E-state index contributed by atoms with van der Waals surface area (Å²) in [4.78, 5) is 46.5. The molecule has 0 spiro atoms. The second kappa shape index (κ2) is 13.1. The molecule has 54 heavy (non-hydrogen) atoms. The molecule has 3 aromatic heterocycles. The Balaban J connectivity index is 0.00000413. The normalized spacial score (nSPS) is 12.1. The van der Waals surface area contributed by atoms with Crippen LogP contribution in [0.5, 0.6) is 5.75 Å². The summed E-state index contributed by atoms with van der Waals surface area (Å²) >= 11 is 20.6. The number of carboxylic acid groups (broad SMARTS) is 1. The Labute approximate surface area is 335 Å². The van der Waals surface area contributed by atoms with E-state index in [1.54, 1.807) is 0 Å². The molecule has 0 aliphatic carbocycles. The molecule has 0 atom stereocenters. The molecule has 0 radical (unpaired) electrons. The molecule has 11 nitrogen and oxygen atoms in total. The Morgan fingerprint density at radius 2 is 1.22 bits per heavy atom.